The van der Waals surface area contributed by atoms with Crippen LogP contribution in [-0.4, -0.2) is 52.4 Å². The molecule has 0 aromatic heterocycles. The van der Waals surface area contributed by atoms with Crippen molar-refractivity contribution in [2.75, 3.05) is 13.1 Å². The van der Waals surface area contributed by atoms with Gasteiger partial charge in [-0.25, -0.2) is 5.43 Å². The zero-order valence-corrected chi connectivity index (χ0v) is 16.4. The average molecular weight is 384 g/mol. The van der Waals surface area contributed by atoms with Crippen LogP contribution in [0.15, 0.2) is 35.4 Å². The van der Waals surface area contributed by atoms with Crippen LogP contribution >= 0.6 is 0 Å². The number of hydrogen-bond donors (Lipinski definition) is 1. The summed E-state index contributed by atoms with van der Waals surface area (Å²) in [6.07, 6.45) is 3.11. The van der Waals surface area contributed by atoms with E-state index in [1.54, 1.807) is 0 Å². The minimum absolute atomic E-state index is 0.0189. The Hall–Kier alpha value is -2.70. The molecular formula is C21H28N4O3. The van der Waals surface area contributed by atoms with Crippen LogP contribution < -0.4 is 5.43 Å². The van der Waals surface area contributed by atoms with Crippen molar-refractivity contribution in [3.63, 3.8) is 0 Å². The number of nitrogens with one attached hydrogen (secondary N) is 1. The van der Waals surface area contributed by atoms with Crippen molar-refractivity contribution in [1.29, 1.82) is 0 Å². The predicted octanol–water partition coefficient (Wildman–Crippen LogP) is 2.07. The van der Waals surface area contributed by atoms with Crippen LogP contribution in [0, 0.1) is 0 Å². The summed E-state index contributed by atoms with van der Waals surface area (Å²) in [5, 5.41) is 4.03. The second kappa shape index (κ2) is 9.48. The summed E-state index contributed by atoms with van der Waals surface area (Å²) in [6, 6.07) is 9.99. The number of carbonyl (C=O) groups excluding carboxylic acids is 3. The van der Waals surface area contributed by atoms with Crippen molar-refractivity contribution in [2.45, 2.75) is 58.0 Å². The van der Waals surface area contributed by atoms with E-state index in [1.807, 2.05) is 40.1 Å². The molecule has 1 unspecified atom stereocenters. The van der Waals surface area contributed by atoms with E-state index < -0.39 is 0 Å². The van der Waals surface area contributed by atoms with Crippen LogP contribution in [0.2, 0.25) is 0 Å². The number of rotatable bonds is 6. The summed E-state index contributed by atoms with van der Waals surface area (Å²) < 4.78 is 0. The second-order valence-electron chi connectivity index (χ2n) is 7.37. The van der Waals surface area contributed by atoms with Crippen molar-refractivity contribution in [3.05, 3.63) is 35.9 Å². The number of hydrogen-bond acceptors (Lipinski definition) is 4. The molecule has 1 N–H and O–H groups in total. The molecule has 0 aliphatic carbocycles. The first-order chi connectivity index (χ1) is 13.6. The highest BCUT2D eigenvalue weighted by atomic mass is 16.2. The highest BCUT2D eigenvalue weighted by Gasteiger charge is 2.30. The molecule has 1 aromatic rings. The van der Waals surface area contributed by atoms with Crippen molar-refractivity contribution in [1.82, 2.24) is 15.2 Å². The van der Waals surface area contributed by atoms with Gasteiger partial charge in [-0.15, -0.1) is 0 Å². The highest BCUT2D eigenvalue weighted by molar-refractivity contribution is 5.94. The summed E-state index contributed by atoms with van der Waals surface area (Å²) in [6.45, 7) is 3.67. The van der Waals surface area contributed by atoms with Gasteiger partial charge in [-0.2, -0.15) is 5.10 Å². The maximum absolute atomic E-state index is 12.7. The van der Waals surface area contributed by atoms with Gasteiger partial charge in [0.1, 0.15) is 0 Å². The molecule has 0 bridgehead atoms. The van der Waals surface area contributed by atoms with E-state index in [9.17, 15) is 14.4 Å². The Bertz CT molecular complexity index is 747. The van der Waals surface area contributed by atoms with E-state index in [1.165, 1.54) is 0 Å². The Balaban J connectivity index is 1.60. The summed E-state index contributed by atoms with van der Waals surface area (Å²) in [4.78, 5) is 40.4. The van der Waals surface area contributed by atoms with Crippen molar-refractivity contribution in [3.8, 4) is 0 Å². The van der Waals surface area contributed by atoms with Gasteiger partial charge in [-0.05, 0) is 24.8 Å². The van der Waals surface area contributed by atoms with E-state index in [-0.39, 0.29) is 23.8 Å². The zero-order valence-electron chi connectivity index (χ0n) is 16.4. The Kier molecular flexibility index (Phi) is 6.79. The van der Waals surface area contributed by atoms with Crippen LogP contribution in [0.1, 0.15) is 51.0 Å². The topological polar surface area (TPSA) is 82.1 Å². The van der Waals surface area contributed by atoms with E-state index in [0.717, 1.165) is 17.7 Å². The maximum Gasteiger partial charge on any atom is 0.240 e. The molecule has 3 rings (SSSR count). The Morgan fingerprint density at radius 2 is 1.96 bits per heavy atom. The third-order valence-electron chi connectivity index (χ3n) is 5.41. The average Bonchev–Trinajstić information content (AvgIpc) is 2.87. The van der Waals surface area contributed by atoms with Gasteiger partial charge in [-0.1, -0.05) is 37.3 Å². The quantitative estimate of drug-likeness (QED) is 0.815. The maximum atomic E-state index is 12.7. The van der Waals surface area contributed by atoms with Crippen molar-refractivity contribution in [2.24, 2.45) is 5.10 Å². The molecule has 2 aliphatic rings. The standard InChI is InChI=1S/C21H28N4O3/c1-2-18-15-24(20(27)11-9-17-8-10-19(26)23-22-17)13-12-21(28)25(18)14-16-6-4-3-5-7-16/h3-7,18H,2,8-15H2,1H3,(H,23,26). The minimum Gasteiger partial charge on any atom is -0.340 e. The normalized spacial score (nSPS) is 20.5. The lowest BCUT2D eigenvalue weighted by atomic mass is 10.1. The first-order valence-electron chi connectivity index (χ1n) is 10.0. The monoisotopic (exact) mass is 384 g/mol. The molecule has 1 atom stereocenters. The molecule has 28 heavy (non-hydrogen) atoms. The van der Waals surface area contributed by atoms with Crippen LogP contribution in [0.3, 0.4) is 0 Å². The van der Waals surface area contributed by atoms with Crippen LogP contribution in [0.5, 0.6) is 0 Å². The Morgan fingerprint density at radius 3 is 2.64 bits per heavy atom. The van der Waals surface area contributed by atoms with E-state index in [0.29, 0.717) is 51.7 Å². The van der Waals surface area contributed by atoms with Crippen LogP contribution in [0.25, 0.3) is 0 Å². The van der Waals surface area contributed by atoms with Gasteiger partial charge in [0.25, 0.3) is 0 Å². The van der Waals surface area contributed by atoms with Gasteiger partial charge in [0.05, 0.1) is 0 Å². The highest BCUT2D eigenvalue weighted by Crippen LogP contribution is 2.19. The fraction of sp³-hybridized carbons (Fsp3) is 0.524. The molecule has 0 saturated carbocycles. The van der Waals surface area contributed by atoms with Gasteiger partial charge in [0.15, 0.2) is 0 Å². The van der Waals surface area contributed by atoms with Gasteiger partial charge < -0.3 is 9.80 Å². The van der Waals surface area contributed by atoms with E-state index in [2.05, 4.69) is 17.5 Å². The molecule has 0 radical (unpaired) electrons. The zero-order chi connectivity index (χ0) is 19.9. The first-order valence-corrected chi connectivity index (χ1v) is 10.0. The lowest BCUT2D eigenvalue weighted by Crippen LogP contribution is -2.43. The summed E-state index contributed by atoms with van der Waals surface area (Å²) >= 11 is 0. The summed E-state index contributed by atoms with van der Waals surface area (Å²) in [5.41, 5.74) is 4.43. The van der Waals surface area contributed by atoms with Gasteiger partial charge in [0.2, 0.25) is 17.7 Å². The number of amides is 3. The van der Waals surface area contributed by atoms with E-state index in [4.69, 9.17) is 0 Å². The van der Waals surface area contributed by atoms with Gasteiger partial charge in [-0.3, -0.25) is 14.4 Å². The largest absolute Gasteiger partial charge is 0.340 e. The van der Waals surface area contributed by atoms with Crippen LogP contribution in [0.4, 0.5) is 0 Å². The van der Waals surface area contributed by atoms with Crippen molar-refractivity contribution >= 4 is 23.4 Å². The Morgan fingerprint density at radius 1 is 1.18 bits per heavy atom. The molecule has 3 amide bonds. The van der Waals surface area contributed by atoms with Crippen LogP contribution in [-0.2, 0) is 20.9 Å². The van der Waals surface area contributed by atoms with Gasteiger partial charge >= 0.3 is 0 Å². The van der Waals surface area contributed by atoms with Crippen molar-refractivity contribution < 1.29 is 14.4 Å². The fourth-order valence-corrected chi connectivity index (χ4v) is 3.70. The molecule has 1 saturated heterocycles. The predicted molar refractivity (Wildman–Crippen MR) is 106 cm³/mol. The molecule has 7 nitrogen and oxygen atoms in total. The minimum atomic E-state index is -0.0783. The molecule has 2 heterocycles. The summed E-state index contributed by atoms with van der Waals surface area (Å²) in [5.74, 6) is 0.0724. The number of benzene rings is 1. The SMILES string of the molecule is CCC1CN(C(=O)CCC2=NNC(=O)CC2)CCC(=O)N1Cc1ccccc1. The second-order valence-corrected chi connectivity index (χ2v) is 7.37. The molecule has 2 aliphatic heterocycles. The first kappa shape index (κ1) is 20.0. The molecule has 1 aromatic carbocycles. The molecule has 150 valence electrons. The number of carbonyl (C=O) groups is 3. The number of hydrazone groups is 1. The third kappa shape index (κ3) is 5.18. The Labute approximate surface area is 165 Å². The molecule has 7 heteroatoms. The fourth-order valence-electron chi connectivity index (χ4n) is 3.70. The smallest absolute Gasteiger partial charge is 0.240 e. The third-order valence-corrected chi connectivity index (χ3v) is 5.41. The lowest BCUT2D eigenvalue weighted by Gasteiger charge is -2.31. The molecule has 1 fully saturated rings. The summed E-state index contributed by atoms with van der Waals surface area (Å²) in [7, 11) is 0. The molecule has 0 spiro atoms. The van der Waals surface area contributed by atoms with E-state index >= 15 is 0 Å². The molecular weight excluding hydrogens is 356 g/mol. The lowest BCUT2D eigenvalue weighted by molar-refractivity contribution is -0.133. The van der Waals surface area contributed by atoms with Gasteiger partial charge in [0, 0.05) is 50.7 Å². The number of nitrogens with zero attached hydrogens (tertiary/aromatic N) is 3.